The quantitative estimate of drug-likeness (QED) is 0.723. The number of carboxylic acid groups (broad SMARTS) is 1. The van der Waals surface area contributed by atoms with Gasteiger partial charge in [-0.1, -0.05) is 13.8 Å². The average Bonchev–Trinajstić information content (AvgIpc) is 2.67. The van der Waals surface area contributed by atoms with E-state index in [9.17, 15) is 14.4 Å². The molecule has 1 unspecified atom stereocenters. The largest absolute Gasteiger partial charge is 0.481 e. The van der Waals surface area contributed by atoms with Crippen molar-refractivity contribution < 1.29 is 19.5 Å². The van der Waals surface area contributed by atoms with Gasteiger partial charge in [-0.15, -0.1) is 0 Å². The van der Waals surface area contributed by atoms with Gasteiger partial charge in [0.05, 0.1) is 17.9 Å². The van der Waals surface area contributed by atoms with Crippen LogP contribution in [-0.2, 0) is 14.4 Å². The van der Waals surface area contributed by atoms with E-state index in [-0.39, 0.29) is 17.9 Å². The first kappa shape index (κ1) is 12.9. The first-order chi connectivity index (χ1) is 8.25. The zero-order valence-electron chi connectivity index (χ0n) is 10.8. The molecule has 0 radical (unpaired) electrons. The van der Waals surface area contributed by atoms with Crippen LogP contribution in [0.5, 0.6) is 0 Å². The van der Waals surface area contributed by atoms with Gasteiger partial charge < -0.3 is 15.3 Å². The summed E-state index contributed by atoms with van der Waals surface area (Å²) >= 11 is 0. The summed E-state index contributed by atoms with van der Waals surface area (Å²) in [5.41, 5.74) is -0.496. The Morgan fingerprint density at radius 3 is 2.39 bits per heavy atom. The van der Waals surface area contributed by atoms with E-state index in [1.165, 1.54) is 0 Å². The lowest BCUT2D eigenvalue weighted by Crippen LogP contribution is -2.38. The maximum atomic E-state index is 12.0. The molecule has 1 aliphatic heterocycles. The summed E-state index contributed by atoms with van der Waals surface area (Å²) in [6.07, 6.45) is 0.299. The van der Waals surface area contributed by atoms with Gasteiger partial charge in [-0.2, -0.15) is 0 Å². The number of carbonyl (C=O) groups excluding carboxylic acids is 2. The van der Waals surface area contributed by atoms with E-state index in [1.807, 2.05) is 0 Å². The van der Waals surface area contributed by atoms with Crippen molar-refractivity contribution in [2.75, 3.05) is 13.6 Å². The number of likely N-dealkylation sites (N-methyl/N-ethyl adjacent to an activating group) is 1. The van der Waals surface area contributed by atoms with Crippen molar-refractivity contribution in [3.63, 3.8) is 0 Å². The normalized spacial score (nSPS) is 33.4. The first-order valence-corrected chi connectivity index (χ1v) is 6.02. The van der Waals surface area contributed by atoms with Gasteiger partial charge in [0, 0.05) is 20.0 Å². The lowest BCUT2D eigenvalue weighted by molar-refractivity contribution is -0.140. The Labute approximate surface area is 105 Å². The van der Waals surface area contributed by atoms with E-state index in [2.05, 4.69) is 5.32 Å². The Morgan fingerprint density at radius 1 is 1.39 bits per heavy atom. The summed E-state index contributed by atoms with van der Waals surface area (Å²) < 4.78 is 0. The van der Waals surface area contributed by atoms with E-state index in [4.69, 9.17) is 5.11 Å². The van der Waals surface area contributed by atoms with Crippen molar-refractivity contribution in [1.29, 1.82) is 0 Å². The number of amides is 2. The minimum Gasteiger partial charge on any atom is -0.481 e. The molecule has 1 saturated heterocycles. The molecule has 2 fully saturated rings. The van der Waals surface area contributed by atoms with Crippen molar-refractivity contribution >= 4 is 17.8 Å². The lowest BCUT2D eigenvalue weighted by atomic mass is 10.1. The molecule has 2 N–H and O–H groups in total. The Bertz CT molecular complexity index is 418. The maximum absolute atomic E-state index is 12.0. The standard InChI is InChI=1S/C12H18N2O4/c1-12(2)8(9(12)11(17)18)10(16)13-6-4-7(15)14(3)5-6/h6,8-9H,4-5H2,1-3H3,(H,13,16)(H,17,18)/t6?,8-,9+/m0/s1. The number of likely N-dealkylation sites (tertiary alicyclic amines) is 1. The summed E-state index contributed by atoms with van der Waals surface area (Å²) in [4.78, 5) is 35.9. The fourth-order valence-electron chi connectivity index (χ4n) is 2.84. The van der Waals surface area contributed by atoms with Crippen LogP contribution in [0.3, 0.4) is 0 Å². The molecule has 2 rings (SSSR count). The second-order valence-electron chi connectivity index (χ2n) is 5.80. The molecule has 6 heteroatoms. The monoisotopic (exact) mass is 254 g/mol. The number of carboxylic acids is 1. The number of carbonyl (C=O) groups is 3. The number of aliphatic carboxylic acids is 1. The third-order valence-electron chi connectivity index (χ3n) is 4.06. The molecule has 1 aliphatic carbocycles. The zero-order chi connectivity index (χ0) is 13.7. The smallest absolute Gasteiger partial charge is 0.307 e. The number of rotatable bonds is 3. The van der Waals surface area contributed by atoms with Gasteiger partial charge in [0.1, 0.15) is 0 Å². The van der Waals surface area contributed by atoms with Crippen molar-refractivity contribution in [3.05, 3.63) is 0 Å². The molecule has 0 spiro atoms. The second kappa shape index (κ2) is 3.96. The number of hydrogen-bond donors (Lipinski definition) is 2. The van der Waals surface area contributed by atoms with E-state index in [0.717, 1.165) is 0 Å². The Balaban J connectivity index is 1.95. The van der Waals surface area contributed by atoms with Crippen LogP contribution >= 0.6 is 0 Å². The van der Waals surface area contributed by atoms with Crippen LogP contribution in [0.1, 0.15) is 20.3 Å². The van der Waals surface area contributed by atoms with Crippen molar-refractivity contribution in [2.45, 2.75) is 26.3 Å². The van der Waals surface area contributed by atoms with Gasteiger partial charge in [0.15, 0.2) is 0 Å². The molecule has 6 nitrogen and oxygen atoms in total. The molecule has 2 aliphatic rings. The van der Waals surface area contributed by atoms with Crippen molar-refractivity contribution in [1.82, 2.24) is 10.2 Å². The predicted octanol–water partition coefficient (Wildman–Crippen LogP) is -0.310. The molecule has 0 aromatic heterocycles. The Hall–Kier alpha value is -1.59. The molecular weight excluding hydrogens is 236 g/mol. The van der Waals surface area contributed by atoms with E-state index in [1.54, 1.807) is 25.8 Å². The molecule has 3 atom stereocenters. The molecule has 2 amide bonds. The van der Waals surface area contributed by atoms with Crippen LogP contribution in [0, 0.1) is 17.3 Å². The highest BCUT2D eigenvalue weighted by atomic mass is 16.4. The fraction of sp³-hybridized carbons (Fsp3) is 0.750. The van der Waals surface area contributed by atoms with Gasteiger partial charge in [-0.05, 0) is 5.41 Å². The number of nitrogens with zero attached hydrogens (tertiary/aromatic N) is 1. The molecule has 1 saturated carbocycles. The lowest BCUT2D eigenvalue weighted by Gasteiger charge is -2.12. The van der Waals surface area contributed by atoms with Gasteiger partial charge in [-0.25, -0.2) is 0 Å². The SMILES string of the molecule is CN1CC(NC(=O)[C@@H]2[C@H](C(=O)O)C2(C)C)CC1=O. The molecule has 0 bridgehead atoms. The number of nitrogens with one attached hydrogen (secondary N) is 1. The van der Waals surface area contributed by atoms with Crippen LogP contribution in [0.2, 0.25) is 0 Å². The highest BCUT2D eigenvalue weighted by molar-refractivity contribution is 5.92. The van der Waals surface area contributed by atoms with E-state index in [0.29, 0.717) is 13.0 Å². The third kappa shape index (κ3) is 1.95. The molecular formula is C12H18N2O4. The van der Waals surface area contributed by atoms with Crippen LogP contribution in [0.25, 0.3) is 0 Å². The van der Waals surface area contributed by atoms with Crippen LogP contribution < -0.4 is 5.32 Å². The molecule has 18 heavy (non-hydrogen) atoms. The van der Waals surface area contributed by atoms with E-state index >= 15 is 0 Å². The van der Waals surface area contributed by atoms with Gasteiger partial charge >= 0.3 is 5.97 Å². The number of hydrogen-bond acceptors (Lipinski definition) is 3. The fourth-order valence-corrected chi connectivity index (χ4v) is 2.84. The van der Waals surface area contributed by atoms with Crippen molar-refractivity contribution in [2.24, 2.45) is 17.3 Å². The van der Waals surface area contributed by atoms with Crippen LogP contribution in [-0.4, -0.2) is 47.4 Å². The van der Waals surface area contributed by atoms with Gasteiger partial charge in [0.25, 0.3) is 0 Å². The van der Waals surface area contributed by atoms with Gasteiger partial charge in [0.2, 0.25) is 11.8 Å². The zero-order valence-corrected chi connectivity index (χ0v) is 10.8. The highest BCUT2D eigenvalue weighted by Crippen LogP contribution is 2.58. The molecule has 1 heterocycles. The topological polar surface area (TPSA) is 86.7 Å². The minimum absolute atomic E-state index is 0.00476. The highest BCUT2D eigenvalue weighted by Gasteiger charge is 2.66. The van der Waals surface area contributed by atoms with Crippen molar-refractivity contribution in [3.8, 4) is 0 Å². The summed E-state index contributed by atoms with van der Waals surface area (Å²) in [7, 11) is 1.69. The van der Waals surface area contributed by atoms with Gasteiger partial charge in [-0.3, -0.25) is 14.4 Å². The first-order valence-electron chi connectivity index (χ1n) is 6.02. The molecule has 0 aromatic rings. The summed E-state index contributed by atoms with van der Waals surface area (Å²) in [6.45, 7) is 4.05. The van der Waals surface area contributed by atoms with E-state index < -0.39 is 23.2 Å². The Morgan fingerprint density at radius 2 is 2.00 bits per heavy atom. The van der Waals surface area contributed by atoms with Crippen LogP contribution in [0.4, 0.5) is 0 Å². The molecule has 100 valence electrons. The summed E-state index contributed by atoms with van der Waals surface area (Å²) in [5.74, 6) is -2.28. The maximum Gasteiger partial charge on any atom is 0.307 e. The summed E-state index contributed by atoms with van der Waals surface area (Å²) in [6, 6.07) is -0.194. The Kier molecular flexibility index (Phi) is 2.83. The minimum atomic E-state index is -0.931. The average molecular weight is 254 g/mol. The third-order valence-corrected chi connectivity index (χ3v) is 4.06. The predicted molar refractivity (Wildman–Crippen MR) is 62.6 cm³/mol. The second-order valence-corrected chi connectivity index (χ2v) is 5.80. The summed E-state index contributed by atoms with van der Waals surface area (Å²) in [5, 5.41) is 11.8. The molecule has 0 aromatic carbocycles. The van der Waals surface area contributed by atoms with Crippen LogP contribution in [0.15, 0.2) is 0 Å².